The van der Waals surface area contributed by atoms with Crippen molar-refractivity contribution in [3.05, 3.63) is 28.8 Å². The van der Waals surface area contributed by atoms with Gasteiger partial charge in [0.05, 0.1) is 6.10 Å². The van der Waals surface area contributed by atoms with E-state index in [-0.39, 0.29) is 12.7 Å². The highest BCUT2D eigenvalue weighted by Crippen LogP contribution is 2.22. The molecule has 1 N–H and O–H groups in total. The fraction of sp³-hybridized carbons (Fsp3) is 0.455. The van der Waals surface area contributed by atoms with E-state index in [1.807, 2.05) is 32.0 Å². The highest BCUT2D eigenvalue weighted by atomic mass is 35.5. The number of aliphatic hydroxyl groups excluding tert-OH is 1. The van der Waals surface area contributed by atoms with Crippen LogP contribution in [0.25, 0.3) is 0 Å². The Morgan fingerprint density at radius 1 is 1.50 bits per heavy atom. The van der Waals surface area contributed by atoms with Gasteiger partial charge in [0.15, 0.2) is 0 Å². The van der Waals surface area contributed by atoms with E-state index in [2.05, 4.69) is 0 Å². The molecular formula is C11H15ClO2. The standard InChI is InChI=1S/C11H15ClO2/c1-8-7-10(3-4-11(8)12)14-9(2)5-6-13/h3-4,7,9,13H,5-6H2,1-2H3. The third-order valence-corrected chi connectivity index (χ3v) is 2.43. The third-order valence-electron chi connectivity index (χ3n) is 2.00. The zero-order chi connectivity index (χ0) is 10.6. The lowest BCUT2D eigenvalue weighted by atomic mass is 10.2. The predicted octanol–water partition coefficient (Wildman–Crippen LogP) is 2.80. The highest BCUT2D eigenvalue weighted by Gasteiger charge is 2.04. The predicted molar refractivity (Wildman–Crippen MR) is 58.0 cm³/mol. The van der Waals surface area contributed by atoms with Crippen molar-refractivity contribution in [2.24, 2.45) is 0 Å². The summed E-state index contributed by atoms with van der Waals surface area (Å²) in [6, 6.07) is 5.55. The molecule has 0 aliphatic rings. The average molecular weight is 215 g/mol. The molecular weight excluding hydrogens is 200 g/mol. The zero-order valence-electron chi connectivity index (χ0n) is 8.46. The van der Waals surface area contributed by atoms with Crippen molar-refractivity contribution in [1.29, 1.82) is 0 Å². The summed E-state index contributed by atoms with van der Waals surface area (Å²) in [4.78, 5) is 0. The van der Waals surface area contributed by atoms with Crippen molar-refractivity contribution in [3.8, 4) is 5.75 Å². The molecule has 1 rings (SSSR count). The minimum absolute atomic E-state index is 0.0283. The fourth-order valence-electron chi connectivity index (χ4n) is 1.16. The zero-order valence-corrected chi connectivity index (χ0v) is 9.21. The first-order valence-corrected chi connectivity index (χ1v) is 5.05. The third kappa shape index (κ3) is 3.20. The topological polar surface area (TPSA) is 29.5 Å². The first kappa shape index (κ1) is 11.3. The number of benzene rings is 1. The van der Waals surface area contributed by atoms with Crippen LogP contribution in [0.4, 0.5) is 0 Å². The van der Waals surface area contributed by atoms with Crippen molar-refractivity contribution in [1.82, 2.24) is 0 Å². The molecule has 0 heterocycles. The Bertz CT molecular complexity index is 299. The lowest BCUT2D eigenvalue weighted by molar-refractivity contribution is 0.169. The Balaban J connectivity index is 2.63. The normalized spacial score (nSPS) is 12.6. The molecule has 0 bridgehead atoms. The second kappa shape index (κ2) is 5.23. The van der Waals surface area contributed by atoms with Gasteiger partial charge in [0.1, 0.15) is 5.75 Å². The van der Waals surface area contributed by atoms with E-state index in [1.165, 1.54) is 0 Å². The number of halogens is 1. The molecule has 2 nitrogen and oxygen atoms in total. The van der Waals surface area contributed by atoms with E-state index < -0.39 is 0 Å². The summed E-state index contributed by atoms with van der Waals surface area (Å²) >= 11 is 5.88. The smallest absolute Gasteiger partial charge is 0.120 e. The average Bonchev–Trinajstić information content (AvgIpc) is 2.12. The van der Waals surface area contributed by atoms with Gasteiger partial charge < -0.3 is 9.84 Å². The molecule has 0 radical (unpaired) electrons. The number of hydrogen-bond donors (Lipinski definition) is 1. The number of aryl methyl sites for hydroxylation is 1. The molecule has 0 aromatic heterocycles. The summed E-state index contributed by atoms with van der Waals surface area (Å²) in [6.07, 6.45) is 0.669. The van der Waals surface area contributed by atoms with Crippen molar-refractivity contribution >= 4 is 11.6 Å². The maximum Gasteiger partial charge on any atom is 0.120 e. The van der Waals surface area contributed by atoms with E-state index in [0.717, 1.165) is 16.3 Å². The molecule has 0 amide bonds. The number of hydrogen-bond acceptors (Lipinski definition) is 2. The molecule has 0 saturated carbocycles. The van der Waals surface area contributed by atoms with Gasteiger partial charge in [0.25, 0.3) is 0 Å². The Labute approximate surface area is 89.5 Å². The van der Waals surface area contributed by atoms with Crippen LogP contribution >= 0.6 is 11.6 Å². The van der Waals surface area contributed by atoms with Gasteiger partial charge in [0, 0.05) is 18.1 Å². The van der Waals surface area contributed by atoms with Crippen LogP contribution in [-0.2, 0) is 0 Å². The van der Waals surface area contributed by atoms with Crippen LogP contribution in [0.1, 0.15) is 18.9 Å². The summed E-state index contributed by atoms with van der Waals surface area (Å²) in [5, 5.41) is 9.46. The fourth-order valence-corrected chi connectivity index (χ4v) is 1.28. The minimum Gasteiger partial charge on any atom is -0.491 e. The van der Waals surface area contributed by atoms with Gasteiger partial charge in [-0.2, -0.15) is 0 Å². The van der Waals surface area contributed by atoms with Crippen LogP contribution in [0.15, 0.2) is 18.2 Å². The summed E-state index contributed by atoms with van der Waals surface area (Å²) in [5.41, 5.74) is 1.00. The lowest BCUT2D eigenvalue weighted by Crippen LogP contribution is -2.13. The molecule has 0 aliphatic heterocycles. The van der Waals surface area contributed by atoms with E-state index in [1.54, 1.807) is 0 Å². The van der Waals surface area contributed by atoms with Gasteiger partial charge in [-0.3, -0.25) is 0 Å². The van der Waals surface area contributed by atoms with E-state index in [4.69, 9.17) is 21.4 Å². The molecule has 3 heteroatoms. The Kier molecular flexibility index (Phi) is 4.23. The van der Waals surface area contributed by atoms with Crippen LogP contribution in [-0.4, -0.2) is 17.8 Å². The van der Waals surface area contributed by atoms with E-state index >= 15 is 0 Å². The van der Waals surface area contributed by atoms with Crippen LogP contribution in [0, 0.1) is 6.92 Å². The quantitative estimate of drug-likeness (QED) is 0.835. The molecule has 0 fully saturated rings. The van der Waals surface area contributed by atoms with Gasteiger partial charge in [0.2, 0.25) is 0 Å². The molecule has 1 atom stereocenters. The van der Waals surface area contributed by atoms with Crippen LogP contribution in [0.2, 0.25) is 5.02 Å². The molecule has 1 unspecified atom stereocenters. The summed E-state index contributed by atoms with van der Waals surface area (Å²) in [7, 11) is 0. The van der Waals surface area contributed by atoms with Gasteiger partial charge in [-0.25, -0.2) is 0 Å². The number of rotatable bonds is 4. The first-order chi connectivity index (χ1) is 6.63. The van der Waals surface area contributed by atoms with E-state index in [0.29, 0.717) is 6.42 Å². The first-order valence-electron chi connectivity index (χ1n) is 4.67. The number of ether oxygens (including phenoxy) is 1. The summed E-state index contributed by atoms with van der Waals surface area (Å²) in [6.45, 7) is 4.01. The Morgan fingerprint density at radius 3 is 2.79 bits per heavy atom. The minimum atomic E-state index is 0.0283. The highest BCUT2D eigenvalue weighted by molar-refractivity contribution is 6.31. The lowest BCUT2D eigenvalue weighted by Gasteiger charge is -2.13. The van der Waals surface area contributed by atoms with Crippen molar-refractivity contribution < 1.29 is 9.84 Å². The monoisotopic (exact) mass is 214 g/mol. The van der Waals surface area contributed by atoms with Gasteiger partial charge in [-0.05, 0) is 37.6 Å². The number of aliphatic hydroxyl groups is 1. The molecule has 1 aromatic carbocycles. The second-order valence-corrected chi connectivity index (χ2v) is 3.76. The molecule has 1 aromatic rings. The Hall–Kier alpha value is -0.730. The second-order valence-electron chi connectivity index (χ2n) is 3.35. The molecule has 0 spiro atoms. The summed E-state index contributed by atoms with van der Waals surface area (Å²) in [5.74, 6) is 0.799. The maximum absolute atomic E-state index is 8.71. The largest absolute Gasteiger partial charge is 0.491 e. The van der Waals surface area contributed by atoms with Crippen molar-refractivity contribution in [2.75, 3.05) is 6.61 Å². The molecule has 0 saturated heterocycles. The summed E-state index contributed by atoms with van der Waals surface area (Å²) < 4.78 is 5.57. The van der Waals surface area contributed by atoms with Gasteiger partial charge in [-0.1, -0.05) is 11.6 Å². The van der Waals surface area contributed by atoms with Crippen LogP contribution in [0.5, 0.6) is 5.75 Å². The van der Waals surface area contributed by atoms with Gasteiger partial charge in [-0.15, -0.1) is 0 Å². The maximum atomic E-state index is 8.71. The van der Waals surface area contributed by atoms with Gasteiger partial charge >= 0.3 is 0 Å². The van der Waals surface area contributed by atoms with Crippen molar-refractivity contribution in [2.45, 2.75) is 26.4 Å². The van der Waals surface area contributed by atoms with Crippen molar-refractivity contribution in [3.63, 3.8) is 0 Å². The molecule has 0 aliphatic carbocycles. The molecule has 78 valence electrons. The SMILES string of the molecule is Cc1cc(OC(C)CCO)ccc1Cl. The van der Waals surface area contributed by atoms with E-state index in [9.17, 15) is 0 Å². The van der Waals surface area contributed by atoms with Crippen LogP contribution < -0.4 is 4.74 Å². The Morgan fingerprint density at radius 2 is 2.21 bits per heavy atom. The molecule has 14 heavy (non-hydrogen) atoms. The van der Waals surface area contributed by atoms with Crippen LogP contribution in [0.3, 0.4) is 0 Å².